The molecule has 0 heterocycles. The van der Waals surface area contributed by atoms with Gasteiger partial charge >= 0.3 is 0 Å². The second-order valence-corrected chi connectivity index (χ2v) is 5.70. The predicted octanol–water partition coefficient (Wildman–Crippen LogP) is 3.15. The molecular formula is C18H22N2O3S. The zero-order chi connectivity index (χ0) is 17.5. The van der Waals surface area contributed by atoms with E-state index >= 15 is 0 Å². The van der Waals surface area contributed by atoms with Gasteiger partial charge in [0.25, 0.3) is 0 Å². The Morgan fingerprint density at radius 2 is 2.00 bits per heavy atom. The molecule has 6 heteroatoms. The van der Waals surface area contributed by atoms with Crippen molar-refractivity contribution in [2.24, 2.45) is 0 Å². The number of aliphatic hydroxyl groups excluding tert-OH is 1. The second kappa shape index (κ2) is 8.52. The molecule has 0 spiro atoms. The molecule has 0 saturated heterocycles. The average molecular weight is 346 g/mol. The molecule has 1 unspecified atom stereocenters. The minimum absolute atomic E-state index is 0.131. The summed E-state index contributed by atoms with van der Waals surface area (Å²) in [6, 6.07) is 14.1. The molecule has 0 aliphatic carbocycles. The molecule has 0 aliphatic heterocycles. The van der Waals surface area contributed by atoms with Crippen molar-refractivity contribution in [2.75, 3.05) is 25.5 Å². The minimum Gasteiger partial charge on any atom is -0.508 e. The third kappa shape index (κ3) is 4.84. The maximum Gasteiger partial charge on any atom is 0.173 e. The van der Waals surface area contributed by atoms with E-state index in [-0.39, 0.29) is 5.75 Å². The summed E-state index contributed by atoms with van der Waals surface area (Å²) >= 11 is 5.44. The number of rotatable bonds is 6. The first-order valence-corrected chi connectivity index (χ1v) is 8.11. The molecule has 3 N–H and O–H groups in total. The Morgan fingerprint density at radius 1 is 1.25 bits per heavy atom. The molecule has 1 atom stereocenters. The average Bonchev–Trinajstić information content (AvgIpc) is 2.59. The van der Waals surface area contributed by atoms with Crippen molar-refractivity contribution in [1.82, 2.24) is 4.90 Å². The van der Waals surface area contributed by atoms with Gasteiger partial charge in [-0.3, -0.25) is 0 Å². The fourth-order valence-electron chi connectivity index (χ4n) is 2.31. The number of phenolic OH excluding ortho intramolecular Hbond substituents is 1. The van der Waals surface area contributed by atoms with Gasteiger partial charge in [0.2, 0.25) is 0 Å². The number of phenols is 1. The van der Waals surface area contributed by atoms with Crippen molar-refractivity contribution in [2.45, 2.75) is 13.0 Å². The molecule has 2 rings (SSSR count). The van der Waals surface area contributed by atoms with E-state index in [1.807, 2.05) is 36.1 Å². The van der Waals surface area contributed by atoms with Gasteiger partial charge in [-0.1, -0.05) is 18.2 Å². The van der Waals surface area contributed by atoms with Crippen molar-refractivity contribution < 1.29 is 14.9 Å². The number of nitrogens with zero attached hydrogens (tertiary/aromatic N) is 1. The molecule has 0 bridgehead atoms. The van der Waals surface area contributed by atoms with Crippen LogP contribution in [0.15, 0.2) is 48.5 Å². The summed E-state index contributed by atoms with van der Waals surface area (Å²) in [4.78, 5) is 1.86. The lowest BCUT2D eigenvalue weighted by Gasteiger charge is -2.27. The molecule has 2 aromatic rings. The van der Waals surface area contributed by atoms with Crippen LogP contribution < -0.4 is 10.1 Å². The molecular weight excluding hydrogens is 324 g/mol. The normalized spacial score (nSPS) is 11.6. The summed E-state index contributed by atoms with van der Waals surface area (Å²) in [5.74, 6) is 0.873. The van der Waals surface area contributed by atoms with Crippen LogP contribution in [-0.2, 0) is 0 Å². The van der Waals surface area contributed by atoms with E-state index < -0.39 is 6.10 Å². The van der Waals surface area contributed by atoms with Crippen LogP contribution in [0.1, 0.15) is 18.6 Å². The Balaban J connectivity index is 2.03. The zero-order valence-corrected chi connectivity index (χ0v) is 14.6. The van der Waals surface area contributed by atoms with Crippen LogP contribution in [-0.4, -0.2) is 40.4 Å². The minimum atomic E-state index is -0.748. The lowest BCUT2D eigenvalue weighted by molar-refractivity contribution is 0.146. The van der Waals surface area contributed by atoms with E-state index in [4.69, 9.17) is 17.0 Å². The van der Waals surface area contributed by atoms with Gasteiger partial charge in [0, 0.05) is 18.3 Å². The summed E-state index contributed by atoms with van der Waals surface area (Å²) in [7, 11) is 1.61. The number of ether oxygens (including phenoxy) is 1. The summed E-state index contributed by atoms with van der Waals surface area (Å²) in [5, 5.41) is 23.6. The number of hydrogen-bond acceptors (Lipinski definition) is 4. The van der Waals surface area contributed by atoms with E-state index in [1.54, 1.807) is 31.4 Å². The molecule has 2 aromatic carbocycles. The first kappa shape index (κ1) is 18.0. The Kier molecular flexibility index (Phi) is 6.40. The summed E-state index contributed by atoms with van der Waals surface area (Å²) < 4.78 is 5.20. The Bertz CT molecular complexity index is 693. The van der Waals surface area contributed by atoms with Crippen LogP contribution in [0.4, 0.5) is 5.69 Å². The summed E-state index contributed by atoms with van der Waals surface area (Å²) in [5.41, 5.74) is 1.47. The van der Waals surface area contributed by atoms with Gasteiger partial charge in [0.15, 0.2) is 5.11 Å². The van der Waals surface area contributed by atoms with E-state index in [2.05, 4.69) is 5.32 Å². The van der Waals surface area contributed by atoms with Crippen molar-refractivity contribution in [3.63, 3.8) is 0 Å². The van der Waals surface area contributed by atoms with Gasteiger partial charge in [0.1, 0.15) is 11.5 Å². The highest BCUT2D eigenvalue weighted by Gasteiger charge is 2.15. The van der Waals surface area contributed by atoms with Crippen molar-refractivity contribution in [1.29, 1.82) is 0 Å². The highest BCUT2D eigenvalue weighted by Crippen LogP contribution is 2.20. The molecule has 5 nitrogen and oxygen atoms in total. The molecule has 0 amide bonds. The zero-order valence-electron chi connectivity index (χ0n) is 13.8. The number of nitrogens with one attached hydrogen (secondary N) is 1. The number of anilines is 1. The van der Waals surface area contributed by atoms with E-state index in [0.29, 0.717) is 23.8 Å². The molecule has 0 aliphatic rings. The van der Waals surface area contributed by atoms with Gasteiger partial charge in [0.05, 0.1) is 19.8 Å². The topological polar surface area (TPSA) is 65.0 Å². The number of thiocarbonyl (C=S) groups is 1. The second-order valence-electron chi connectivity index (χ2n) is 5.31. The van der Waals surface area contributed by atoms with Gasteiger partial charge < -0.3 is 25.2 Å². The van der Waals surface area contributed by atoms with Crippen LogP contribution in [0, 0.1) is 0 Å². The summed E-state index contributed by atoms with van der Waals surface area (Å²) in [6.45, 7) is 2.94. The fourth-order valence-corrected chi connectivity index (χ4v) is 2.63. The van der Waals surface area contributed by atoms with E-state index in [9.17, 15) is 10.2 Å². The molecule has 0 radical (unpaired) electrons. The third-order valence-corrected chi connectivity index (χ3v) is 4.00. The maximum atomic E-state index is 10.4. The number of methoxy groups -OCH3 is 1. The van der Waals surface area contributed by atoms with E-state index in [1.165, 1.54) is 0 Å². The Morgan fingerprint density at radius 3 is 2.67 bits per heavy atom. The molecule has 0 fully saturated rings. The van der Waals surface area contributed by atoms with Crippen LogP contribution in [0.25, 0.3) is 0 Å². The van der Waals surface area contributed by atoms with Crippen LogP contribution in [0.3, 0.4) is 0 Å². The SMILES string of the molecule is CCN(CC(O)c1cccc(O)c1)C(=S)Nc1cccc(OC)c1. The number of aromatic hydroxyl groups is 1. The Hall–Kier alpha value is -2.31. The fraction of sp³-hybridized carbons (Fsp3) is 0.278. The lowest BCUT2D eigenvalue weighted by Crippen LogP contribution is -2.37. The third-order valence-electron chi connectivity index (χ3n) is 3.64. The van der Waals surface area contributed by atoms with E-state index in [0.717, 1.165) is 11.4 Å². The van der Waals surface area contributed by atoms with Gasteiger partial charge in [-0.15, -0.1) is 0 Å². The van der Waals surface area contributed by atoms with Crippen LogP contribution in [0.2, 0.25) is 0 Å². The van der Waals surface area contributed by atoms with Crippen molar-refractivity contribution in [3.05, 3.63) is 54.1 Å². The van der Waals surface area contributed by atoms with Crippen LogP contribution >= 0.6 is 12.2 Å². The van der Waals surface area contributed by atoms with Gasteiger partial charge in [-0.2, -0.15) is 0 Å². The molecule has 0 saturated carbocycles. The predicted molar refractivity (Wildman–Crippen MR) is 99.5 cm³/mol. The molecule has 0 aromatic heterocycles. The largest absolute Gasteiger partial charge is 0.508 e. The Labute approximate surface area is 147 Å². The van der Waals surface area contributed by atoms with Crippen molar-refractivity contribution in [3.8, 4) is 11.5 Å². The van der Waals surface area contributed by atoms with Gasteiger partial charge in [-0.05, 0) is 49.0 Å². The standard InChI is InChI=1S/C18H22N2O3S/c1-3-20(12-17(22)13-6-4-8-15(21)10-13)18(24)19-14-7-5-9-16(11-14)23-2/h4-11,17,21-22H,3,12H2,1-2H3,(H,19,24). The van der Waals surface area contributed by atoms with Crippen LogP contribution in [0.5, 0.6) is 11.5 Å². The quantitative estimate of drug-likeness (QED) is 0.699. The summed E-state index contributed by atoms with van der Waals surface area (Å²) in [6.07, 6.45) is -0.748. The number of likely N-dealkylation sites (N-methyl/N-ethyl adjacent to an activating group) is 1. The molecule has 24 heavy (non-hydrogen) atoms. The first-order valence-electron chi connectivity index (χ1n) is 7.70. The number of benzene rings is 2. The highest BCUT2D eigenvalue weighted by atomic mass is 32.1. The smallest absolute Gasteiger partial charge is 0.173 e. The number of aliphatic hydroxyl groups is 1. The lowest BCUT2D eigenvalue weighted by atomic mass is 10.1. The highest BCUT2D eigenvalue weighted by molar-refractivity contribution is 7.80. The number of hydrogen-bond donors (Lipinski definition) is 3. The first-order chi connectivity index (χ1) is 11.5. The van der Waals surface area contributed by atoms with Crippen molar-refractivity contribution >= 4 is 23.0 Å². The molecule has 128 valence electrons. The maximum absolute atomic E-state index is 10.4. The monoisotopic (exact) mass is 346 g/mol. The van der Waals surface area contributed by atoms with Gasteiger partial charge in [-0.25, -0.2) is 0 Å².